The molecule has 182 valence electrons. The van der Waals surface area contributed by atoms with Crippen LogP contribution >= 0.6 is 0 Å². The van der Waals surface area contributed by atoms with Gasteiger partial charge in [0.05, 0.1) is 19.8 Å². The highest BCUT2D eigenvalue weighted by Crippen LogP contribution is 2.22. The van der Waals surface area contributed by atoms with E-state index in [2.05, 4.69) is 79.0 Å². The van der Waals surface area contributed by atoms with Crippen molar-refractivity contribution in [2.75, 3.05) is 45.9 Å². The monoisotopic (exact) mass is 456 g/mol. The van der Waals surface area contributed by atoms with Crippen molar-refractivity contribution in [2.45, 2.75) is 53.1 Å². The van der Waals surface area contributed by atoms with Crippen LogP contribution in [0.25, 0.3) is 0 Å². The number of nitrogens with one attached hydrogen (secondary N) is 1. The molecular weight excluding hydrogens is 416 g/mol. The molecule has 3 rings (SSSR count). The van der Waals surface area contributed by atoms with Crippen molar-refractivity contribution in [1.29, 1.82) is 0 Å². The fraction of sp³-hybridized carbons (Fsp3) is 0.615. The first-order valence-electron chi connectivity index (χ1n) is 12.0. The zero-order valence-corrected chi connectivity index (χ0v) is 20.9. The highest BCUT2D eigenvalue weighted by atomic mass is 16.5. The molecule has 1 aliphatic rings. The molecule has 2 heterocycles. The van der Waals surface area contributed by atoms with Gasteiger partial charge in [0.25, 0.3) is 5.91 Å². The Bertz CT molecular complexity index is 864. The topological polar surface area (TPSA) is 70.8 Å². The van der Waals surface area contributed by atoms with Crippen LogP contribution in [0, 0.1) is 5.92 Å². The molecule has 1 fully saturated rings. The van der Waals surface area contributed by atoms with Crippen molar-refractivity contribution in [3.63, 3.8) is 0 Å². The third-order valence-corrected chi connectivity index (χ3v) is 5.88. The Balaban J connectivity index is 1.65. The molecule has 33 heavy (non-hydrogen) atoms. The van der Waals surface area contributed by atoms with E-state index in [1.54, 1.807) is 0 Å². The summed E-state index contributed by atoms with van der Waals surface area (Å²) in [5, 5.41) is 2.90. The van der Waals surface area contributed by atoms with Crippen LogP contribution in [0.1, 0.15) is 62.1 Å². The minimum Gasteiger partial charge on any atom is -0.447 e. The fourth-order valence-corrected chi connectivity index (χ4v) is 3.76. The van der Waals surface area contributed by atoms with Gasteiger partial charge < -0.3 is 14.5 Å². The molecule has 1 N–H and O–H groups in total. The SMILES string of the molecule is CC(C)CNC(=O)c1coc(CN(CCN2CCOCC2)Cc2ccc(C(C)(C)C)cc2)n1. The zero-order valence-electron chi connectivity index (χ0n) is 20.9. The Hall–Kier alpha value is -2.22. The van der Waals surface area contributed by atoms with Gasteiger partial charge in [-0.15, -0.1) is 0 Å². The molecule has 7 nitrogen and oxygen atoms in total. The summed E-state index contributed by atoms with van der Waals surface area (Å²) >= 11 is 0. The average Bonchev–Trinajstić information content (AvgIpc) is 3.25. The van der Waals surface area contributed by atoms with Crippen molar-refractivity contribution < 1.29 is 13.9 Å². The summed E-state index contributed by atoms with van der Waals surface area (Å²) in [6.07, 6.45) is 1.46. The van der Waals surface area contributed by atoms with Crippen LogP contribution in [-0.2, 0) is 23.2 Å². The summed E-state index contributed by atoms with van der Waals surface area (Å²) in [5.74, 6) is 0.773. The van der Waals surface area contributed by atoms with Crippen LogP contribution in [0.3, 0.4) is 0 Å². The maximum Gasteiger partial charge on any atom is 0.273 e. The molecule has 0 atom stereocenters. The summed E-state index contributed by atoms with van der Waals surface area (Å²) in [5.41, 5.74) is 3.06. The van der Waals surface area contributed by atoms with Gasteiger partial charge in [0.1, 0.15) is 6.26 Å². The molecule has 0 saturated carbocycles. The second kappa shape index (κ2) is 11.8. The number of nitrogens with zero attached hydrogens (tertiary/aromatic N) is 3. The maximum absolute atomic E-state index is 12.3. The number of benzene rings is 1. The number of carbonyl (C=O) groups is 1. The van der Waals surface area contributed by atoms with E-state index in [-0.39, 0.29) is 11.3 Å². The number of hydrogen-bond donors (Lipinski definition) is 1. The summed E-state index contributed by atoms with van der Waals surface area (Å²) < 4.78 is 11.1. The summed E-state index contributed by atoms with van der Waals surface area (Å²) in [6, 6.07) is 8.86. The summed E-state index contributed by atoms with van der Waals surface area (Å²) in [7, 11) is 0. The molecule has 1 aromatic heterocycles. The second-order valence-electron chi connectivity index (χ2n) is 10.3. The van der Waals surface area contributed by atoms with Crippen LogP contribution in [0.2, 0.25) is 0 Å². The van der Waals surface area contributed by atoms with Gasteiger partial charge in [-0.2, -0.15) is 0 Å². The first kappa shape index (κ1) is 25.4. The lowest BCUT2D eigenvalue weighted by atomic mass is 9.87. The summed E-state index contributed by atoms with van der Waals surface area (Å²) in [4.78, 5) is 21.5. The standard InChI is InChI=1S/C26H40N4O3/c1-20(2)16-27-25(31)23-19-33-24(28-23)18-30(11-10-29-12-14-32-15-13-29)17-21-6-8-22(9-7-21)26(3,4)5/h6-9,19-20H,10-18H2,1-5H3,(H,27,31). The molecule has 0 unspecified atom stereocenters. The van der Waals surface area contributed by atoms with Crippen molar-refractivity contribution >= 4 is 5.91 Å². The number of aromatic nitrogens is 1. The highest BCUT2D eigenvalue weighted by Gasteiger charge is 2.18. The highest BCUT2D eigenvalue weighted by molar-refractivity contribution is 5.91. The fourth-order valence-electron chi connectivity index (χ4n) is 3.76. The minimum atomic E-state index is -0.184. The van der Waals surface area contributed by atoms with E-state index in [1.807, 2.05) is 0 Å². The Morgan fingerprint density at radius 3 is 2.48 bits per heavy atom. The van der Waals surface area contributed by atoms with Crippen LogP contribution in [0.4, 0.5) is 0 Å². The number of amides is 1. The third kappa shape index (κ3) is 8.25. The van der Waals surface area contributed by atoms with Gasteiger partial charge >= 0.3 is 0 Å². The molecule has 1 aromatic carbocycles. The molecule has 1 saturated heterocycles. The van der Waals surface area contributed by atoms with Gasteiger partial charge in [0.15, 0.2) is 5.69 Å². The molecule has 1 aliphatic heterocycles. The smallest absolute Gasteiger partial charge is 0.273 e. The lowest BCUT2D eigenvalue weighted by Crippen LogP contribution is -2.41. The average molecular weight is 457 g/mol. The Labute approximate surface area is 198 Å². The first-order valence-corrected chi connectivity index (χ1v) is 12.0. The number of carbonyl (C=O) groups excluding carboxylic acids is 1. The Kier molecular flexibility index (Phi) is 9.06. The van der Waals surface area contributed by atoms with E-state index in [0.29, 0.717) is 30.6 Å². The van der Waals surface area contributed by atoms with Crippen molar-refractivity contribution in [3.05, 3.63) is 53.2 Å². The van der Waals surface area contributed by atoms with Gasteiger partial charge in [0.2, 0.25) is 5.89 Å². The normalized spacial score (nSPS) is 15.4. The minimum absolute atomic E-state index is 0.138. The Morgan fingerprint density at radius 1 is 1.15 bits per heavy atom. The van der Waals surface area contributed by atoms with E-state index >= 15 is 0 Å². The largest absolute Gasteiger partial charge is 0.447 e. The molecule has 2 aromatic rings. The van der Waals surface area contributed by atoms with Crippen LogP contribution < -0.4 is 5.32 Å². The predicted octanol–water partition coefficient (Wildman–Crippen LogP) is 3.69. The van der Waals surface area contributed by atoms with Crippen LogP contribution in [0.15, 0.2) is 34.9 Å². The third-order valence-electron chi connectivity index (χ3n) is 5.88. The number of ether oxygens (including phenoxy) is 1. The number of morpholine rings is 1. The van der Waals surface area contributed by atoms with E-state index in [9.17, 15) is 4.79 Å². The summed E-state index contributed by atoms with van der Waals surface area (Å²) in [6.45, 7) is 18.2. The van der Waals surface area contributed by atoms with E-state index < -0.39 is 0 Å². The molecule has 7 heteroatoms. The van der Waals surface area contributed by atoms with E-state index in [4.69, 9.17) is 9.15 Å². The van der Waals surface area contributed by atoms with Crippen LogP contribution in [0.5, 0.6) is 0 Å². The first-order chi connectivity index (χ1) is 15.7. The molecule has 0 bridgehead atoms. The van der Waals surface area contributed by atoms with Gasteiger partial charge in [-0.1, -0.05) is 58.9 Å². The van der Waals surface area contributed by atoms with Crippen molar-refractivity contribution in [1.82, 2.24) is 20.1 Å². The Morgan fingerprint density at radius 2 is 1.85 bits per heavy atom. The number of oxazole rings is 1. The van der Waals surface area contributed by atoms with Crippen molar-refractivity contribution in [2.24, 2.45) is 5.92 Å². The second-order valence-corrected chi connectivity index (χ2v) is 10.3. The molecule has 1 amide bonds. The van der Waals surface area contributed by atoms with Gasteiger partial charge in [-0.3, -0.25) is 14.6 Å². The van der Waals surface area contributed by atoms with E-state index in [1.165, 1.54) is 17.4 Å². The van der Waals surface area contributed by atoms with Gasteiger partial charge in [0, 0.05) is 39.3 Å². The van der Waals surface area contributed by atoms with Gasteiger partial charge in [-0.25, -0.2) is 4.98 Å². The quantitative estimate of drug-likeness (QED) is 0.588. The zero-order chi connectivity index (χ0) is 23.8. The molecular formula is C26H40N4O3. The van der Waals surface area contributed by atoms with Crippen molar-refractivity contribution in [3.8, 4) is 0 Å². The number of hydrogen-bond acceptors (Lipinski definition) is 6. The number of rotatable bonds is 10. The van der Waals surface area contributed by atoms with Gasteiger partial charge in [-0.05, 0) is 22.5 Å². The van der Waals surface area contributed by atoms with Crippen LogP contribution in [-0.4, -0.2) is 66.6 Å². The molecule has 0 aliphatic carbocycles. The molecule has 0 spiro atoms. The maximum atomic E-state index is 12.3. The van der Waals surface area contributed by atoms with E-state index in [0.717, 1.165) is 45.9 Å². The lowest BCUT2D eigenvalue weighted by Gasteiger charge is -2.29. The molecule has 0 radical (unpaired) electrons. The lowest BCUT2D eigenvalue weighted by molar-refractivity contribution is 0.0320. The predicted molar refractivity (Wildman–Crippen MR) is 130 cm³/mol.